The van der Waals surface area contributed by atoms with Crippen molar-refractivity contribution in [3.05, 3.63) is 64.5 Å². The number of carbonyl (C=O) groups is 1. The normalized spacial score (nSPS) is 15.3. The number of nitrogens with zero attached hydrogens (tertiary/aromatic N) is 1. The van der Waals surface area contributed by atoms with E-state index in [2.05, 4.69) is 45.3 Å². The molecule has 0 saturated carbocycles. The van der Waals surface area contributed by atoms with Crippen molar-refractivity contribution in [2.75, 3.05) is 19.7 Å². The van der Waals surface area contributed by atoms with Gasteiger partial charge in [0, 0.05) is 34.7 Å². The summed E-state index contributed by atoms with van der Waals surface area (Å²) in [6, 6.07) is 12.8. The lowest BCUT2D eigenvalue weighted by Gasteiger charge is -2.32. The molecule has 0 unspecified atom stereocenters. The highest BCUT2D eigenvalue weighted by atomic mass is 79.9. The number of hydrogen-bond acceptors (Lipinski definition) is 2. The molecule has 2 heterocycles. The molecule has 0 spiro atoms. The van der Waals surface area contributed by atoms with Gasteiger partial charge in [-0.25, -0.2) is 4.39 Å². The molecule has 0 atom stereocenters. The van der Waals surface area contributed by atoms with Gasteiger partial charge in [0.25, 0.3) is 5.91 Å². The van der Waals surface area contributed by atoms with Crippen LogP contribution >= 0.6 is 15.9 Å². The summed E-state index contributed by atoms with van der Waals surface area (Å²) in [6.07, 6.45) is 3.92. The van der Waals surface area contributed by atoms with E-state index in [9.17, 15) is 9.18 Å². The highest BCUT2D eigenvalue weighted by Gasteiger charge is 2.25. The molecule has 2 aromatic carbocycles. The number of benzene rings is 2. The van der Waals surface area contributed by atoms with Crippen molar-refractivity contribution in [2.45, 2.75) is 18.8 Å². The molecule has 4 nitrogen and oxygen atoms in total. The Morgan fingerprint density at radius 1 is 1.22 bits per heavy atom. The molecule has 0 aliphatic carbocycles. The molecule has 1 N–H and O–H groups in total. The molecule has 1 aliphatic rings. The van der Waals surface area contributed by atoms with E-state index < -0.39 is 5.82 Å². The van der Waals surface area contributed by atoms with Crippen molar-refractivity contribution >= 4 is 32.7 Å². The first-order chi connectivity index (χ1) is 13.1. The van der Waals surface area contributed by atoms with Gasteiger partial charge in [-0.2, -0.15) is 0 Å². The first kappa shape index (κ1) is 18.0. The molecule has 1 saturated heterocycles. The maximum absolute atomic E-state index is 13.8. The highest BCUT2D eigenvalue weighted by molar-refractivity contribution is 9.10. The Labute approximate surface area is 165 Å². The van der Waals surface area contributed by atoms with Crippen molar-refractivity contribution in [1.29, 1.82) is 0 Å². The number of nitrogens with one attached hydrogen (secondary N) is 1. The van der Waals surface area contributed by atoms with Crippen molar-refractivity contribution in [3.8, 4) is 5.75 Å². The average Bonchev–Trinajstić information content (AvgIpc) is 3.11. The number of hydrogen-bond donors (Lipinski definition) is 1. The standard InChI is InChI=1S/C21H20BrFN2O2/c22-15-5-6-20(18(23)11-15)27-13-21(26)25-9-7-14(8-10-25)17-12-24-19-4-2-1-3-16(17)19/h1-6,11-12,14,24H,7-10,13H2. The van der Waals surface area contributed by atoms with Gasteiger partial charge in [0.15, 0.2) is 18.2 Å². The highest BCUT2D eigenvalue weighted by Crippen LogP contribution is 2.33. The predicted octanol–water partition coefficient (Wildman–Crippen LogP) is 4.85. The van der Waals surface area contributed by atoms with Crippen LogP contribution in [0.4, 0.5) is 4.39 Å². The predicted molar refractivity (Wildman–Crippen MR) is 106 cm³/mol. The summed E-state index contributed by atoms with van der Waals surface area (Å²) in [7, 11) is 0. The molecule has 0 bridgehead atoms. The van der Waals surface area contributed by atoms with Gasteiger partial charge in [-0.15, -0.1) is 0 Å². The van der Waals surface area contributed by atoms with Crippen LogP contribution in [0.25, 0.3) is 10.9 Å². The third kappa shape index (κ3) is 3.86. The molecule has 3 aromatic rings. The fraction of sp³-hybridized carbons (Fsp3) is 0.286. The van der Waals surface area contributed by atoms with Gasteiger partial charge in [-0.3, -0.25) is 4.79 Å². The van der Waals surface area contributed by atoms with Gasteiger partial charge in [0.05, 0.1) is 0 Å². The molecule has 4 rings (SSSR count). The zero-order valence-corrected chi connectivity index (χ0v) is 16.3. The lowest BCUT2D eigenvalue weighted by atomic mass is 9.89. The van der Waals surface area contributed by atoms with Crippen LogP contribution in [-0.2, 0) is 4.79 Å². The fourth-order valence-electron chi connectivity index (χ4n) is 3.69. The number of halogens is 2. The summed E-state index contributed by atoms with van der Waals surface area (Å²) in [6.45, 7) is 1.24. The average molecular weight is 431 g/mol. The van der Waals surface area contributed by atoms with Crippen LogP contribution in [0.3, 0.4) is 0 Å². The number of H-pyrrole nitrogens is 1. The van der Waals surface area contributed by atoms with Crippen LogP contribution < -0.4 is 4.74 Å². The molecule has 1 fully saturated rings. The number of piperidine rings is 1. The fourth-order valence-corrected chi connectivity index (χ4v) is 4.03. The van der Waals surface area contributed by atoms with Crippen LogP contribution in [0.2, 0.25) is 0 Å². The summed E-state index contributed by atoms with van der Waals surface area (Å²) in [5.41, 5.74) is 2.47. The Hall–Kier alpha value is -2.34. The van der Waals surface area contributed by atoms with Crippen LogP contribution in [0.15, 0.2) is 53.1 Å². The van der Waals surface area contributed by atoms with E-state index in [4.69, 9.17) is 4.74 Å². The second kappa shape index (κ2) is 7.72. The van der Waals surface area contributed by atoms with Crippen LogP contribution in [0.1, 0.15) is 24.3 Å². The first-order valence-electron chi connectivity index (χ1n) is 9.03. The minimum Gasteiger partial charge on any atom is -0.481 e. The Bertz CT molecular complexity index is 964. The van der Waals surface area contributed by atoms with Crippen LogP contribution in [0, 0.1) is 5.82 Å². The molecular weight excluding hydrogens is 411 g/mol. The van der Waals surface area contributed by atoms with Gasteiger partial charge in [-0.05, 0) is 48.6 Å². The number of likely N-dealkylation sites (tertiary alicyclic amines) is 1. The van der Waals surface area contributed by atoms with E-state index in [1.165, 1.54) is 23.1 Å². The topological polar surface area (TPSA) is 45.3 Å². The number of para-hydroxylation sites is 1. The summed E-state index contributed by atoms with van der Waals surface area (Å²) in [4.78, 5) is 17.6. The lowest BCUT2D eigenvalue weighted by molar-refractivity contribution is -0.134. The van der Waals surface area contributed by atoms with E-state index in [-0.39, 0.29) is 18.3 Å². The summed E-state index contributed by atoms with van der Waals surface area (Å²) in [5, 5.41) is 1.26. The van der Waals surface area contributed by atoms with E-state index in [1.54, 1.807) is 6.07 Å². The number of carbonyl (C=O) groups excluding carboxylic acids is 1. The lowest BCUT2D eigenvalue weighted by Crippen LogP contribution is -2.40. The smallest absolute Gasteiger partial charge is 0.260 e. The maximum Gasteiger partial charge on any atom is 0.260 e. The number of rotatable bonds is 4. The van der Waals surface area contributed by atoms with Gasteiger partial charge in [-0.1, -0.05) is 34.1 Å². The number of amides is 1. The Kier molecular flexibility index (Phi) is 5.16. The van der Waals surface area contributed by atoms with Crippen molar-refractivity contribution in [1.82, 2.24) is 9.88 Å². The molecule has 1 aromatic heterocycles. The number of aromatic amines is 1. The number of fused-ring (bicyclic) bond motifs is 1. The third-order valence-electron chi connectivity index (χ3n) is 5.15. The first-order valence-corrected chi connectivity index (χ1v) is 9.83. The van der Waals surface area contributed by atoms with Crippen molar-refractivity contribution in [2.24, 2.45) is 0 Å². The van der Waals surface area contributed by atoms with E-state index >= 15 is 0 Å². The zero-order chi connectivity index (χ0) is 18.8. The molecule has 140 valence electrons. The monoisotopic (exact) mass is 430 g/mol. The summed E-state index contributed by atoms with van der Waals surface area (Å²) < 4.78 is 19.8. The zero-order valence-electron chi connectivity index (χ0n) is 14.8. The third-order valence-corrected chi connectivity index (χ3v) is 5.65. The Balaban J connectivity index is 1.34. The second-order valence-electron chi connectivity index (χ2n) is 6.81. The number of ether oxygens (including phenoxy) is 1. The second-order valence-corrected chi connectivity index (χ2v) is 7.72. The molecule has 6 heteroatoms. The van der Waals surface area contributed by atoms with Crippen LogP contribution in [-0.4, -0.2) is 35.5 Å². The Morgan fingerprint density at radius 3 is 2.78 bits per heavy atom. The molecule has 27 heavy (non-hydrogen) atoms. The minimum atomic E-state index is -0.477. The van der Waals surface area contributed by atoms with E-state index in [0.29, 0.717) is 23.5 Å². The van der Waals surface area contributed by atoms with Gasteiger partial charge in [0.2, 0.25) is 0 Å². The van der Waals surface area contributed by atoms with Gasteiger partial charge < -0.3 is 14.6 Å². The Morgan fingerprint density at radius 2 is 2.00 bits per heavy atom. The van der Waals surface area contributed by atoms with Crippen LogP contribution in [0.5, 0.6) is 5.75 Å². The minimum absolute atomic E-state index is 0.0974. The summed E-state index contributed by atoms with van der Waals surface area (Å²) in [5.74, 6) is -0.0415. The van der Waals surface area contributed by atoms with Crippen molar-refractivity contribution in [3.63, 3.8) is 0 Å². The molecule has 0 radical (unpaired) electrons. The molecular formula is C21H20BrFN2O2. The largest absolute Gasteiger partial charge is 0.481 e. The maximum atomic E-state index is 13.8. The molecule has 1 aliphatic heterocycles. The molecule has 1 amide bonds. The van der Waals surface area contributed by atoms with E-state index in [0.717, 1.165) is 18.4 Å². The van der Waals surface area contributed by atoms with Crippen molar-refractivity contribution < 1.29 is 13.9 Å². The summed E-state index contributed by atoms with van der Waals surface area (Å²) >= 11 is 3.20. The van der Waals surface area contributed by atoms with Gasteiger partial charge >= 0.3 is 0 Å². The van der Waals surface area contributed by atoms with Gasteiger partial charge in [0.1, 0.15) is 0 Å². The SMILES string of the molecule is O=C(COc1ccc(Br)cc1F)N1CCC(c2c[nH]c3ccccc23)CC1. The quantitative estimate of drug-likeness (QED) is 0.642. The number of aromatic nitrogens is 1. The van der Waals surface area contributed by atoms with E-state index in [1.807, 2.05) is 11.0 Å².